The summed E-state index contributed by atoms with van der Waals surface area (Å²) in [6, 6.07) is 56.6. The average molecular weight is 1190 g/mol. The first-order valence-corrected chi connectivity index (χ1v) is 25.1. The van der Waals surface area contributed by atoms with Crippen molar-refractivity contribution < 1.29 is 39.5 Å². The van der Waals surface area contributed by atoms with Crippen LogP contribution in [0.4, 0.5) is 22.7 Å². The minimum atomic E-state index is -0.587. The molecule has 8 nitrogen and oxygen atoms in total. The van der Waals surface area contributed by atoms with Gasteiger partial charge in [0.2, 0.25) is 5.78 Å². The van der Waals surface area contributed by atoms with E-state index in [0.29, 0.717) is 39.9 Å². The van der Waals surface area contributed by atoms with Gasteiger partial charge in [0.1, 0.15) is 5.82 Å². The fraction of sp³-hybridized carbons (Fsp3) is 0.0290. The zero-order chi connectivity index (χ0) is 59.8. The number of aryl methyl sites for hydroxylation is 2. The Kier molecular flexibility index (Phi) is 9.06. The van der Waals surface area contributed by atoms with E-state index >= 15 is 0 Å². The van der Waals surface area contributed by atoms with Crippen LogP contribution in [0.5, 0.6) is 11.5 Å². The molecule has 1 aliphatic rings. The van der Waals surface area contributed by atoms with Gasteiger partial charge >= 0.3 is 0 Å². The molecule has 0 unspecified atom stereocenters. The van der Waals surface area contributed by atoms with Crippen LogP contribution >= 0.6 is 0 Å². The summed E-state index contributed by atoms with van der Waals surface area (Å²) in [6.07, 6.45) is 1.88. The third-order valence-electron chi connectivity index (χ3n) is 14.5. The molecule has 0 saturated heterocycles. The molecule has 0 spiro atoms. The molecule has 15 rings (SSSR count). The minimum absolute atomic E-state index is 0. The molecule has 1 aliphatic heterocycles. The maximum Gasteiger partial charge on any atom is 0.220 e. The van der Waals surface area contributed by atoms with Gasteiger partial charge in [-0.1, -0.05) is 157 Å². The van der Waals surface area contributed by atoms with Gasteiger partial charge in [-0.25, -0.2) is 9.97 Å². The summed E-state index contributed by atoms with van der Waals surface area (Å²) in [4.78, 5) is 13.9. The zero-order valence-corrected chi connectivity index (χ0v) is 43.9. The van der Waals surface area contributed by atoms with E-state index in [1.165, 1.54) is 0 Å². The van der Waals surface area contributed by atoms with Crippen LogP contribution in [0.1, 0.15) is 24.8 Å². The van der Waals surface area contributed by atoms with Gasteiger partial charge in [-0.2, -0.15) is 12.1 Å². The number of fused-ring (bicyclic) bond motifs is 9. The van der Waals surface area contributed by atoms with Crippen LogP contribution in [0.25, 0.3) is 94.5 Å². The van der Waals surface area contributed by atoms with Crippen molar-refractivity contribution in [2.75, 3.05) is 9.80 Å². The maximum atomic E-state index is 9.31. The third kappa shape index (κ3) is 7.70. The van der Waals surface area contributed by atoms with E-state index in [-0.39, 0.29) is 49.0 Å². The van der Waals surface area contributed by atoms with Crippen LogP contribution in [0, 0.1) is 32.6 Å². The number of benzene rings is 10. The Labute approximate surface area is 479 Å². The summed E-state index contributed by atoms with van der Waals surface area (Å²) in [7, 11) is 0. The van der Waals surface area contributed by atoms with Crippen LogP contribution in [0.2, 0.25) is 0 Å². The van der Waals surface area contributed by atoms with Crippen LogP contribution in [-0.4, -0.2) is 23.5 Å². The summed E-state index contributed by atoms with van der Waals surface area (Å²) < 4.78 is 103. The average Bonchev–Trinajstić information content (AvgIpc) is 1.55. The SMILES string of the molecule is [2H]c1c([2H])c([2H])c(-c2cccc(-c3c([2H])c([2H])c([2H])c([2H])c3[2H])c2N2[CH-]N(c3[c-]c(Oc4[c-]c5c(cc4)c4cc(-c6ccccc6)ccc4n5-c4cc(C)c(C)cn4)ccc3)c3cc4c(cc32)nc2n(-c3ccccc3)c3ccccc3n42)c([2H])c1[2H].[Pt]. The normalized spacial score (nSPS) is 14.1. The van der Waals surface area contributed by atoms with Crippen molar-refractivity contribution >= 4 is 72.4 Å². The number of ether oxygens (including phenoxy) is 1. The molecule has 5 heterocycles. The van der Waals surface area contributed by atoms with Crippen molar-refractivity contribution in [1.82, 2.24) is 23.5 Å². The number of hydrogen-bond acceptors (Lipinski definition) is 5. The van der Waals surface area contributed by atoms with Gasteiger partial charge in [0.25, 0.3) is 0 Å². The van der Waals surface area contributed by atoms with Gasteiger partial charge in [-0.05, 0) is 101 Å². The van der Waals surface area contributed by atoms with Crippen molar-refractivity contribution in [1.29, 1.82) is 0 Å². The van der Waals surface area contributed by atoms with Gasteiger partial charge in [-0.3, -0.25) is 8.97 Å². The van der Waals surface area contributed by atoms with E-state index in [4.69, 9.17) is 22.9 Å². The largest absolute Gasteiger partial charge is 0.509 e. The Morgan fingerprint density at radius 1 is 0.513 bits per heavy atom. The molecule has 0 radical (unpaired) electrons. The Bertz CT molecular complexity index is 5100. The van der Waals surface area contributed by atoms with Crippen LogP contribution in [0.3, 0.4) is 0 Å². The number of rotatable bonds is 9. The molecule has 14 aromatic rings. The molecule has 10 aromatic carbocycles. The zero-order valence-electron chi connectivity index (χ0n) is 51.7. The molecule has 0 saturated carbocycles. The number of imidazole rings is 2. The van der Waals surface area contributed by atoms with E-state index < -0.39 is 60.4 Å². The van der Waals surface area contributed by atoms with E-state index in [2.05, 4.69) is 69.0 Å². The molecule has 9 heteroatoms. The van der Waals surface area contributed by atoms with Crippen molar-refractivity contribution in [2.24, 2.45) is 0 Å². The number of pyridine rings is 1. The van der Waals surface area contributed by atoms with Gasteiger partial charge in [-0.15, -0.1) is 48.1 Å². The fourth-order valence-corrected chi connectivity index (χ4v) is 10.7. The summed E-state index contributed by atoms with van der Waals surface area (Å²) in [5, 5.41) is 1.97. The van der Waals surface area contributed by atoms with Gasteiger partial charge in [0, 0.05) is 78.2 Å². The van der Waals surface area contributed by atoms with Crippen molar-refractivity contribution in [3.8, 4) is 56.4 Å². The number of aromatic nitrogens is 5. The Morgan fingerprint density at radius 2 is 1.19 bits per heavy atom. The Balaban J connectivity index is 0.00000680. The summed E-state index contributed by atoms with van der Waals surface area (Å²) in [5.74, 6) is 2.11. The molecule has 0 aliphatic carbocycles. The van der Waals surface area contributed by atoms with E-state index in [1.807, 2.05) is 127 Å². The number of para-hydroxylation sites is 4. The summed E-state index contributed by atoms with van der Waals surface area (Å²) >= 11 is 0. The molecule has 0 bridgehead atoms. The Hall–Kier alpha value is -9.49. The monoisotopic (exact) mass is 1190 g/mol. The molecule has 0 fully saturated rings. The standard InChI is InChI=1S/C69H46N7O.Pt/c1-45-37-67(70-43-46(45)2)75-60-36-33-50(47-19-7-3-8-20-47)38-58(60)57-35-34-54(40-63(57)75)77-53-28-17-27-52(39-53)72-44-73(68-55(48-21-9-4-10-22-48)29-18-30-56(68)49-23-11-5-12-24-49)65-41-59-64(42-66(65)72)76-62-32-16-15-31-61(62)74(69(76)71-59)51-25-13-6-14-26-51;/h3-38,41-44H,1-2H3;/q-3;/i4D,5D,9D,10D,11D,12D,21D,22D,23D,24D;. The second-order valence-corrected chi connectivity index (χ2v) is 18.9. The quantitative estimate of drug-likeness (QED) is 0.135. The van der Waals surface area contributed by atoms with Crippen molar-refractivity contribution in [3.63, 3.8) is 0 Å². The topological polar surface area (TPSA) is 55.8 Å². The van der Waals surface area contributed by atoms with Gasteiger partial charge in [0.15, 0.2) is 0 Å². The maximum absolute atomic E-state index is 9.31. The second kappa shape index (κ2) is 19.0. The number of hydrogen-bond donors (Lipinski definition) is 0. The molecule has 4 aromatic heterocycles. The first-order chi connectivity index (χ1) is 42.1. The molecule has 78 heavy (non-hydrogen) atoms. The molecule has 0 amide bonds. The van der Waals surface area contributed by atoms with Crippen LogP contribution in [-0.2, 0) is 21.1 Å². The van der Waals surface area contributed by atoms with E-state index in [9.17, 15) is 5.48 Å². The van der Waals surface area contributed by atoms with E-state index in [0.717, 1.165) is 72.1 Å². The summed E-state index contributed by atoms with van der Waals surface area (Å²) in [6.45, 7) is 5.87. The molecular formula is C69H46N7OPt-3. The number of nitrogens with zero attached hydrogens (tertiary/aromatic N) is 7. The third-order valence-corrected chi connectivity index (χ3v) is 14.5. The molecule has 0 N–H and O–H groups in total. The molecular weight excluding hydrogens is 1140 g/mol. The number of anilines is 4. The van der Waals surface area contributed by atoms with Gasteiger partial charge < -0.3 is 19.1 Å². The smallest absolute Gasteiger partial charge is 0.220 e. The van der Waals surface area contributed by atoms with Crippen molar-refractivity contribution in [2.45, 2.75) is 13.8 Å². The molecule has 376 valence electrons. The van der Waals surface area contributed by atoms with Crippen LogP contribution < -0.4 is 14.5 Å². The fourth-order valence-electron chi connectivity index (χ4n) is 10.7. The van der Waals surface area contributed by atoms with Crippen molar-refractivity contribution in [3.05, 3.63) is 266 Å². The second-order valence-electron chi connectivity index (χ2n) is 18.9. The first kappa shape index (κ1) is 37.3. The molecule has 0 atom stereocenters. The van der Waals surface area contributed by atoms with Gasteiger partial charge in [0.05, 0.1) is 35.8 Å². The summed E-state index contributed by atoms with van der Waals surface area (Å²) in [5.41, 5.74) is 11.7. The first-order valence-electron chi connectivity index (χ1n) is 30.1. The van der Waals surface area contributed by atoms with Crippen LogP contribution in [0.15, 0.2) is 236 Å². The minimum Gasteiger partial charge on any atom is -0.509 e. The Morgan fingerprint density at radius 3 is 1.94 bits per heavy atom. The van der Waals surface area contributed by atoms with E-state index in [1.54, 1.807) is 35.8 Å². The predicted octanol–water partition coefficient (Wildman–Crippen LogP) is 17.3. The predicted molar refractivity (Wildman–Crippen MR) is 313 cm³/mol.